The molecule has 0 saturated carbocycles. The van der Waals surface area contributed by atoms with E-state index in [0.29, 0.717) is 12.2 Å². The van der Waals surface area contributed by atoms with E-state index < -0.39 is 15.4 Å². The predicted octanol–water partition coefficient (Wildman–Crippen LogP) is 4.70. The van der Waals surface area contributed by atoms with Gasteiger partial charge in [0.1, 0.15) is 5.25 Å². The van der Waals surface area contributed by atoms with Gasteiger partial charge in [0, 0.05) is 22.5 Å². The Morgan fingerprint density at radius 3 is 2.07 bits per heavy atom. The van der Waals surface area contributed by atoms with E-state index in [2.05, 4.69) is 22.0 Å². The maximum atomic E-state index is 12.0. The number of nitrogens with zero attached hydrogens (tertiary/aromatic N) is 2. The zero-order chi connectivity index (χ0) is 18.9. The van der Waals surface area contributed by atoms with E-state index in [9.17, 15) is 13.0 Å². The van der Waals surface area contributed by atoms with Crippen LogP contribution in [0.5, 0.6) is 0 Å². The van der Waals surface area contributed by atoms with Gasteiger partial charge in [0.25, 0.3) is 10.1 Å². The van der Waals surface area contributed by atoms with Crippen molar-refractivity contribution in [2.24, 2.45) is 0 Å². The summed E-state index contributed by atoms with van der Waals surface area (Å²) in [6.07, 6.45) is 1.76. The van der Waals surface area contributed by atoms with Crippen LogP contribution in [0.25, 0.3) is 0 Å². The molecule has 0 radical (unpaired) electrons. The summed E-state index contributed by atoms with van der Waals surface area (Å²) < 4.78 is 33.7. The first-order valence-electron chi connectivity index (χ1n) is 8.55. The van der Waals surface area contributed by atoms with Crippen LogP contribution in [-0.4, -0.2) is 24.5 Å². The molecule has 0 fully saturated rings. The van der Waals surface area contributed by atoms with Crippen LogP contribution in [0, 0.1) is 0 Å². The highest BCUT2D eigenvalue weighted by Gasteiger charge is 2.29. The SMILES string of the molecule is O=S(=O)(O)C(CCN1c2ccccc2Sc2ccccc21)c1ccccn1. The Morgan fingerprint density at radius 1 is 0.926 bits per heavy atom. The monoisotopic (exact) mass is 398 g/mol. The molecule has 2 heterocycles. The summed E-state index contributed by atoms with van der Waals surface area (Å²) in [6, 6.07) is 21.2. The molecule has 3 aromatic rings. The van der Waals surface area contributed by atoms with Crippen molar-refractivity contribution >= 4 is 33.3 Å². The molecule has 1 aliphatic heterocycles. The average molecular weight is 399 g/mol. The average Bonchev–Trinajstić information content (AvgIpc) is 2.67. The normalized spacial score (nSPS) is 14.3. The lowest BCUT2D eigenvalue weighted by atomic mass is 10.1. The fourth-order valence-corrected chi connectivity index (χ4v) is 5.23. The number of aromatic nitrogens is 1. The maximum absolute atomic E-state index is 12.0. The van der Waals surface area contributed by atoms with E-state index in [0.717, 1.165) is 21.2 Å². The minimum atomic E-state index is -4.27. The lowest BCUT2D eigenvalue weighted by Crippen LogP contribution is -2.25. The molecule has 2 aromatic carbocycles. The van der Waals surface area contributed by atoms with E-state index in [4.69, 9.17) is 0 Å². The standard InChI is InChI=1S/C20H18N2O3S2/c23-27(24,25)20(15-7-5-6-13-21-15)12-14-22-16-8-1-3-10-18(16)26-19-11-4-2-9-17(19)22/h1-11,13,20H,12,14H2,(H,23,24,25). The van der Waals surface area contributed by atoms with Crippen molar-refractivity contribution in [2.45, 2.75) is 21.5 Å². The molecule has 27 heavy (non-hydrogen) atoms. The van der Waals surface area contributed by atoms with Gasteiger partial charge in [-0.3, -0.25) is 9.54 Å². The van der Waals surface area contributed by atoms with Gasteiger partial charge < -0.3 is 4.90 Å². The van der Waals surface area contributed by atoms with Crippen LogP contribution in [0.1, 0.15) is 17.4 Å². The number of benzene rings is 2. The molecule has 0 spiro atoms. The van der Waals surface area contributed by atoms with Crippen LogP contribution in [0.3, 0.4) is 0 Å². The number of hydrogen-bond donors (Lipinski definition) is 1. The third kappa shape index (κ3) is 3.71. The number of rotatable bonds is 5. The van der Waals surface area contributed by atoms with Gasteiger partial charge in [0.2, 0.25) is 0 Å². The van der Waals surface area contributed by atoms with E-state index in [1.807, 2.05) is 36.4 Å². The van der Waals surface area contributed by atoms with Crippen molar-refractivity contribution in [1.82, 2.24) is 4.98 Å². The van der Waals surface area contributed by atoms with Crippen LogP contribution in [0.4, 0.5) is 11.4 Å². The smallest absolute Gasteiger partial charge is 0.273 e. The number of pyridine rings is 1. The zero-order valence-electron chi connectivity index (χ0n) is 14.4. The molecule has 5 nitrogen and oxygen atoms in total. The number of hydrogen-bond acceptors (Lipinski definition) is 5. The summed E-state index contributed by atoms with van der Waals surface area (Å²) in [5, 5.41) is -1.06. The lowest BCUT2D eigenvalue weighted by molar-refractivity contribution is 0.463. The Balaban J connectivity index is 1.68. The first-order valence-corrected chi connectivity index (χ1v) is 10.9. The Labute approximate surface area is 162 Å². The molecule has 0 amide bonds. The molecule has 0 bridgehead atoms. The molecule has 1 unspecified atom stereocenters. The van der Waals surface area contributed by atoms with Gasteiger partial charge in [-0.15, -0.1) is 0 Å². The first-order chi connectivity index (χ1) is 13.0. The predicted molar refractivity (Wildman–Crippen MR) is 107 cm³/mol. The minimum Gasteiger partial charge on any atom is -0.340 e. The summed E-state index contributed by atoms with van der Waals surface area (Å²) in [6.45, 7) is 0.440. The summed E-state index contributed by atoms with van der Waals surface area (Å²) in [7, 11) is -4.27. The molecule has 0 saturated heterocycles. The Morgan fingerprint density at radius 2 is 1.52 bits per heavy atom. The number of para-hydroxylation sites is 2. The van der Waals surface area contributed by atoms with Gasteiger partial charge in [0.05, 0.1) is 17.1 Å². The second-order valence-electron chi connectivity index (χ2n) is 6.24. The Hall–Kier alpha value is -2.35. The lowest BCUT2D eigenvalue weighted by Gasteiger charge is -2.33. The Kier molecular flexibility index (Phi) is 4.90. The third-order valence-electron chi connectivity index (χ3n) is 4.52. The van der Waals surface area contributed by atoms with Crippen LogP contribution < -0.4 is 4.90 Å². The Bertz CT molecular complexity index is 1010. The number of anilines is 2. The van der Waals surface area contributed by atoms with Gasteiger partial charge >= 0.3 is 0 Å². The van der Waals surface area contributed by atoms with Gasteiger partial charge in [0.15, 0.2) is 0 Å². The van der Waals surface area contributed by atoms with Gasteiger partial charge in [-0.2, -0.15) is 8.42 Å². The van der Waals surface area contributed by atoms with E-state index >= 15 is 0 Å². The van der Waals surface area contributed by atoms with Crippen LogP contribution in [0.2, 0.25) is 0 Å². The highest BCUT2D eigenvalue weighted by molar-refractivity contribution is 7.99. The maximum Gasteiger partial charge on any atom is 0.273 e. The third-order valence-corrected chi connectivity index (χ3v) is 6.85. The van der Waals surface area contributed by atoms with E-state index in [1.165, 1.54) is 6.20 Å². The van der Waals surface area contributed by atoms with Gasteiger partial charge in [-0.05, 0) is 42.8 Å². The summed E-state index contributed by atoms with van der Waals surface area (Å²) in [5.41, 5.74) is 2.43. The number of fused-ring (bicyclic) bond motifs is 2. The van der Waals surface area contributed by atoms with E-state index in [1.54, 1.807) is 30.0 Å². The quantitative estimate of drug-likeness (QED) is 0.628. The van der Waals surface area contributed by atoms with Gasteiger partial charge in [-0.1, -0.05) is 42.1 Å². The second-order valence-corrected chi connectivity index (χ2v) is 8.92. The summed E-state index contributed by atoms with van der Waals surface area (Å²) >= 11 is 1.70. The fourth-order valence-electron chi connectivity index (χ4n) is 3.28. The van der Waals surface area contributed by atoms with E-state index in [-0.39, 0.29) is 6.42 Å². The van der Waals surface area contributed by atoms with Crippen molar-refractivity contribution in [2.75, 3.05) is 11.4 Å². The fraction of sp³-hybridized carbons (Fsp3) is 0.150. The molecular formula is C20H18N2O3S2. The molecule has 138 valence electrons. The molecule has 7 heteroatoms. The molecule has 1 aliphatic rings. The summed E-state index contributed by atoms with van der Waals surface area (Å²) in [5.74, 6) is 0. The molecule has 1 aromatic heterocycles. The van der Waals surface area contributed by atoms with Crippen molar-refractivity contribution < 1.29 is 13.0 Å². The minimum absolute atomic E-state index is 0.225. The van der Waals surface area contributed by atoms with Crippen LogP contribution in [0.15, 0.2) is 82.7 Å². The van der Waals surface area contributed by atoms with Crippen molar-refractivity contribution in [3.05, 3.63) is 78.6 Å². The van der Waals surface area contributed by atoms with Gasteiger partial charge in [-0.25, -0.2) is 0 Å². The zero-order valence-corrected chi connectivity index (χ0v) is 16.0. The van der Waals surface area contributed by atoms with Crippen LogP contribution in [-0.2, 0) is 10.1 Å². The molecule has 1 atom stereocenters. The molecule has 1 N–H and O–H groups in total. The summed E-state index contributed by atoms with van der Waals surface area (Å²) in [4.78, 5) is 8.49. The topological polar surface area (TPSA) is 70.5 Å². The second kappa shape index (κ2) is 7.34. The van der Waals surface area contributed by atoms with Crippen molar-refractivity contribution in [1.29, 1.82) is 0 Å². The molecular weight excluding hydrogens is 380 g/mol. The van der Waals surface area contributed by atoms with Crippen molar-refractivity contribution in [3.63, 3.8) is 0 Å². The molecule has 4 rings (SSSR count). The highest BCUT2D eigenvalue weighted by Crippen LogP contribution is 2.48. The largest absolute Gasteiger partial charge is 0.340 e. The van der Waals surface area contributed by atoms with Crippen LogP contribution >= 0.6 is 11.8 Å². The van der Waals surface area contributed by atoms with Crippen molar-refractivity contribution in [3.8, 4) is 0 Å². The highest BCUT2D eigenvalue weighted by atomic mass is 32.2. The molecule has 0 aliphatic carbocycles. The first kappa shape index (κ1) is 18.0.